The molecule has 0 radical (unpaired) electrons. The van der Waals surface area contributed by atoms with Crippen LogP contribution in [-0.4, -0.2) is 24.2 Å². The van der Waals surface area contributed by atoms with Gasteiger partial charge in [0.2, 0.25) is 0 Å². The molecule has 0 amide bonds. The SMILES string of the molecule is Cc1cn(COCC[Si](C)(C)C)c(I)n1. The van der Waals surface area contributed by atoms with Crippen molar-refractivity contribution in [3.8, 4) is 0 Å². The maximum atomic E-state index is 5.64. The highest BCUT2D eigenvalue weighted by molar-refractivity contribution is 14.1. The normalized spacial score (nSPS) is 12.1. The Hall–Kier alpha value is 0.117. The Morgan fingerprint density at radius 1 is 1.47 bits per heavy atom. The molecule has 1 heterocycles. The molecule has 0 aromatic carbocycles. The van der Waals surface area contributed by atoms with E-state index in [4.69, 9.17) is 4.74 Å². The quantitative estimate of drug-likeness (QED) is 0.469. The van der Waals surface area contributed by atoms with E-state index in [1.165, 1.54) is 6.04 Å². The van der Waals surface area contributed by atoms with E-state index >= 15 is 0 Å². The summed E-state index contributed by atoms with van der Waals surface area (Å²) in [5, 5.41) is 0. The van der Waals surface area contributed by atoms with E-state index in [-0.39, 0.29) is 0 Å². The molecule has 15 heavy (non-hydrogen) atoms. The highest BCUT2D eigenvalue weighted by Gasteiger charge is 2.12. The van der Waals surface area contributed by atoms with Crippen LogP contribution >= 0.6 is 22.6 Å². The number of halogens is 1. The summed E-state index contributed by atoms with van der Waals surface area (Å²) in [4.78, 5) is 4.32. The Kier molecular flexibility index (Phi) is 4.79. The summed E-state index contributed by atoms with van der Waals surface area (Å²) >= 11 is 2.23. The van der Waals surface area contributed by atoms with Crippen LogP contribution in [0.15, 0.2) is 6.20 Å². The first-order valence-electron chi connectivity index (χ1n) is 5.15. The standard InChI is InChI=1S/C10H19IN2OSi/c1-9-7-13(10(11)12-9)8-14-5-6-15(2,3)4/h7H,5-6,8H2,1-4H3. The lowest BCUT2D eigenvalue weighted by Gasteiger charge is -2.15. The maximum absolute atomic E-state index is 5.64. The van der Waals surface area contributed by atoms with Gasteiger partial charge in [-0.05, 0) is 13.0 Å². The minimum atomic E-state index is -0.956. The minimum absolute atomic E-state index is 0.629. The van der Waals surface area contributed by atoms with Crippen molar-refractivity contribution in [2.75, 3.05) is 6.61 Å². The van der Waals surface area contributed by atoms with Crippen LogP contribution in [0.5, 0.6) is 0 Å². The van der Waals surface area contributed by atoms with Gasteiger partial charge in [0.15, 0.2) is 3.83 Å². The Labute approximate surface area is 106 Å². The van der Waals surface area contributed by atoms with Crippen LogP contribution in [0.2, 0.25) is 25.7 Å². The van der Waals surface area contributed by atoms with Gasteiger partial charge < -0.3 is 9.30 Å². The van der Waals surface area contributed by atoms with Crippen LogP contribution in [0.1, 0.15) is 5.69 Å². The fraction of sp³-hybridized carbons (Fsp3) is 0.700. The molecular formula is C10H19IN2OSi. The predicted molar refractivity (Wildman–Crippen MR) is 73.8 cm³/mol. The molecule has 5 heteroatoms. The summed E-state index contributed by atoms with van der Waals surface area (Å²) in [5.74, 6) is 0. The van der Waals surface area contributed by atoms with Gasteiger partial charge in [0.1, 0.15) is 6.73 Å². The van der Waals surface area contributed by atoms with Gasteiger partial charge in [0.25, 0.3) is 0 Å². The first kappa shape index (κ1) is 13.2. The monoisotopic (exact) mass is 338 g/mol. The van der Waals surface area contributed by atoms with Crippen molar-refractivity contribution in [3.63, 3.8) is 0 Å². The Morgan fingerprint density at radius 3 is 2.60 bits per heavy atom. The molecule has 0 fully saturated rings. The largest absolute Gasteiger partial charge is 0.361 e. The van der Waals surface area contributed by atoms with Crippen LogP contribution in [0.25, 0.3) is 0 Å². The van der Waals surface area contributed by atoms with E-state index in [1.807, 2.05) is 17.7 Å². The van der Waals surface area contributed by atoms with Gasteiger partial charge in [-0.25, -0.2) is 4.98 Å². The number of aromatic nitrogens is 2. The first-order valence-corrected chi connectivity index (χ1v) is 9.94. The number of rotatable bonds is 5. The summed E-state index contributed by atoms with van der Waals surface area (Å²) in [6.45, 7) is 10.6. The number of hydrogen-bond acceptors (Lipinski definition) is 2. The van der Waals surface area contributed by atoms with Gasteiger partial charge >= 0.3 is 0 Å². The second-order valence-electron chi connectivity index (χ2n) is 4.97. The molecule has 0 aliphatic rings. The highest BCUT2D eigenvalue weighted by atomic mass is 127. The van der Waals surface area contributed by atoms with Gasteiger partial charge in [0, 0.05) is 43.5 Å². The van der Waals surface area contributed by atoms with Crippen LogP contribution in [-0.2, 0) is 11.5 Å². The van der Waals surface area contributed by atoms with Crippen molar-refractivity contribution in [2.45, 2.75) is 39.3 Å². The summed E-state index contributed by atoms with van der Waals surface area (Å²) in [6.07, 6.45) is 2.02. The summed E-state index contributed by atoms with van der Waals surface area (Å²) in [7, 11) is -0.956. The van der Waals surface area contributed by atoms with E-state index in [9.17, 15) is 0 Å². The number of nitrogens with zero attached hydrogens (tertiary/aromatic N) is 2. The molecule has 0 atom stereocenters. The van der Waals surface area contributed by atoms with Gasteiger partial charge in [0.05, 0.1) is 5.69 Å². The zero-order valence-corrected chi connectivity index (χ0v) is 13.0. The predicted octanol–water partition coefficient (Wildman–Crippen LogP) is 3.11. The molecule has 1 rings (SSSR count). The van der Waals surface area contributed by atoms with Crippen LogP contribution in [0, 0.1) is 10.8 Å². The van der Waals surface area contributed by atoms with Crippen LogP contribution in [0.3, 0.4) is 0 Å². The fourth-order valence-electron chi connectivity index (χ4n) is 1.15. The van der Waals surface area contributed by atoms with Crippen molar-refractivity contribution in [2.24, 2.45) is 0 Å². The summed E-state index contributed by atoms with van der Waals surface area (Å²) in [6, 6.07) is 1.22. The molecule has 0 N–H and O–H groups in total. The number of ether oxygens (including phenoxy) is 1. The fourth-order valence-corrected chi connectivity index (χ4v) is 2.56. The van der Waals surface area contributed by atoms with Gasteiger partial charge in [-0.1, -0.05) is 19.6 Å². The second kappa shape index (κ2) is 5.45. The molecule has 1 aromatic rings. The Balaban J connectivity index is 2.29. The van der Waals surface area contributed by atoms with Gasteiger partial charge in [-0.3, -0.25) is 0 Å². The van der Waals surface area contributed by atoms with E-state index < -0.39 is 8.07 Å². The molecule has 3 nitrogen and oxygen atoms in total. The molecule has 0 bridgehead atoms. The second-order valence-corrected chi connectivity index (χ2v) is 11.6. The number of aryl methyl sites for hydroxylation is 1. The third-order valence-electron chi connectivity index (χ3n) is 2.08. The lowest BCUT2D eigenvalue weighted by molar-refractivity contribution is 0.0853. The van der Waals surface area contributed by atoms with E-state index in [0.29, 0.717) is 6.73 Å². The lowest BCUT2D eigenvalue weighted by atomic mass is 10.6. The third-order valence-corrected chi connectivity index (χ3v) is 4.64. The van der Waals surface area contributed by atoms with Crippen LogP contribution < -0.4 is 0 Å². The Morgan fingerprint density at radius 2 is 2.13 bits per heavy atom. The molecule has 0 saturated heterocycles. The average Bonchev–Trinajstić information content (AvgIpc) is 2.37. The molecule has 0 aliphatic heterocycles. The topological polar surface area (TPSA) is 27.1 Å². The van der Waals surface area contributed by atoms with E-state index in [0.717, 1.165) is 16.1 Å². The third kappa shape index (κ3) is 5.12. The molecule has 1 aromatic heterocycles. The Bertz CT molecular complexity index is 320. The molecule has 0 aliphatic carbocycles. The molecule has 0 spiro atoms. The average molecular weight is 338 g/mol. The number of hydrogen-bond donors (Lipinski definition) is 0. The summed E-state index contributed by atoms with van der Waals surface area (Å²) < 4.78 is 8.68. The maximum Gasteiger partial charge on any atom is 0.173 e. The van der Waals surface area contributed by atoms with Gasteiger partial charge in [-0.15, -0.1) is 0 Å². The van der Waals surface area contributed by atoms with Crippen molar-refractivity contribution in [1.82, 2.24) is 9.55 Å². The van der Waals surface area contributed by atoms with E-state index in [1.54, 1.807) is 0 Å². The first-order chi connectivity index (χ1) is 6.88. The zero-order valence-electron chi connectivity index (χ0n) is 9.88. The zero-order chi connectivity index (χ0) is 11.5. The smallest absolute Gasteiger partial charge is 0.173 e. The molecular weight excluding hydrogens is 319 g/mol. The van der Waals surface area contributed by atoms with Crippen molar-refractivity contribution < 1.29 is 4.74 Å². The molecule has 86 valence electrons. The van der Waals surface area contributed by atoms with Crippen molar-refractivity contribution in [3.05, 3.63) is 15.7 Å². The van der Waals surface area contributed by atoms with Gasteiger partial charge in [-0.2, -0.15) is 0 Å². The van der Waals surface area contributed by atoms with Crippen molar-refractivity contribution in [1.29, 1.82) is 0 Å². The number of imidazole rings is 1. The molecule has 0 unspecified atom stereocenters. The van der Waals surface area contributed by atoms with Crippen molar-refractivity contribution >= 4 is 30.7 Å². The van der Waals surface area contributed by atoms with E-state index in [2.05, 4.69) is 47.2 Å². The highest BCUT2D eigenvalue weighted by Crippen LogP contribution is 2.09. The van der Waals surface area contributed by atoms with Crippen LogP contribution in [0.4, 0.5) is 0 Å². The minimum Gasteiger partial charge on any atom is -0.361 e. The summed E-state index contributed by atoms with van der Waals surface area (Å²) in [5.41, 5.74) is 1.05. The molecule has 0 saturated carbocycles. The lowest BCUT2D eigenvalue weighted by Crippen LogP contribution is -2.22.